The predicted molar refractivity (Wildman–Crippen MR) is 65.0 cm³/mol. The standard InChI is InChI=1S/C13H25NO2/c1-10(2)12(9-15)13(16)14(3)8-7-11-5-4-6-11/h10-12,15H,4-9H2,1-3H3. The van der Waals surface area contributed by atoms with Gasteiger partial charge in [-0.05, 0) is 18.3 Å². The zero-order chi connectivity index (χ0) is 12.1. The Morgan fingerprint density at radius 1 is 1.44 bits per heavy atom. The molecule has 0 spiro atoms. The van der Waals surface area contributed by atoms with Crippen LogP contribution in [-0.4, -0.2) is 36.1 Å². The summed E-state index contributed by atoms with van der Waals surface area (Å²) in [6, 6.07) is 0. The summed E-state index contributed by atoms with van der Waals surface area (Å²) in [5.74, 6) is 0.911. The summed E-state index contributed by atoms with van der Waals surface area (Å²) >= 11 is 0. The third kappa shape index (κ3) is 3.48. The maximum absolute atomic E-state index is 12.0. The van der Waals surface area contributed by atoms with Crippen molar-refractivity contribution in [2.75, 3.05) is 20.2 Å². The van der Waals surface area contributed by atoms with Gasteiger partial charge in [-0.2, -0.15) is 0 Å². The predicted octanol–water partition coefficient (Wildman–Crippen LogP) is 1.90. The Morgan fingerprint density at radius 3 is 2.44 bits per heavy atom. The molecule has 1 amide bonds. The summed E-state index contributed by atoms with van der Waals surface area (Å²) in [5.41, 5.74) is 0. The van der Waals surface area contributed by atoms with Crippen LogP contribution >= 0.6 is 0 Å². The molecule has 1 aliphatic carbocycles. The first kappa shape index (κ1) is 13.5. The van der Waals surface area contributed by atoms with Crippen LogP contribution in [0.1, 0.15) is 39.5 Å². The Morgan fingerprint density at radius 2 is 2.06 bits per heavy atom. The van der Waals surface area contributed by atoms with Gasteiger partial charge in [-0.3, -0.25) is 4.79 Å². The molecule has 94 valence electrons. The van der Waals surface area contributed by atoms with Gasteiger partial charge in [0.05, 0.1) is 12.5 Å². The van der Waals surface area contributed by atoms with E-state index in [1.165, 1.54) is 19.3 Å². The third-order valence-corrected chi connectivity index (χ3v) is 3.79. The molecule has 0 aromatic carbocycles. The van der Waals surface area contributed by atoms with Crippen LogP contribution in [0.2, 0.25) is 0 Å². The van der Waals surface area contributed by atoms with Gasteiger partial charge in [-0.25, -0.2) is 0 Å². The number of nitrogens with zero attached hydrogens (tertiary/aromatic N) is 1. The van der Waals surface area contributed by atoms with Crippen molar-refractivity contribution in [1.29, 1.82) is 0 Å². The normalized spacial score (nSPS) is 18.3. The number of hydrogen-bond acceptors (Lipinski definition) is 2. The van der Waals surface area contributed by atoms with E-state index in [4.69, 9.17) is 0 Å². The summed E-state index contributed by atoms with van der Waals surface area (Å²) in [5, 5.41) is 9.20. The lowest BCUT2D eigenvalue weighted by atomic mass is 9.83. The van der Waals surface area contributed by atoms with Crippen LogP contribution < -0.4 is 0 Å². The van der Waals surface area contributed by atoms with E-state index < -0.39 is 0 Å². The fourth-order valence-electron chi connectivity index (χ4n) is 2.13. The van der Waals surface area contributed by atoms with Crippen LogP contribution in [0.3, 0.4) is 0 Å². The van der Waals surface area contributed by atoms with Gasteiger partial charge in [0, 0.05) is 13.6 Å². The summed E-state index contributed by atoms with van der Waals surface area (Å²) in [4.78, 5) is 13.8. The fraction of sp³-hybridized carbons (Fsp3) is 0.923. The second-order valence-corrected chi connectivity index (χ2v) is 5.38. The summed E-state index contributed by atoms with van der Waals surface area (Å²) in [6.07, 6.45) is 5.14. The minimum Gasteiger partial charge on any atom is -0.396 e. The van der Waals surface area contributed by atoms with Gasteiger partial charge in [-0.15, -0.1) is 0 Å². The summed E-state index contributed by atoms with van der Waals surface area (Å²) in [7, 11) is 1.85. The Labute approximate surface area is 98.8 Å². The zero-order valence-electron chi connectivity index (χ0n) is 10.8. The molecular weight excluding hydrogens is 202 g/mol. The molecule has 1 saturated carbocycles. The molecule has 1 atom stereocenters. The largest absolute Gasteiger partial charge is 0.396 e. The van der Waals surface area contributed by atoms with Crippen molar-refractivity contribution < 1.29 is 9.90 Å². The molecule has 0 saturated heterocycles. The van der Waals surface area contributed by atoms with Crippen LogP contribution in [0.4, 0.5) is 0 Å². The lowest BCUT2D eigenvalue weighted by Gasteiger charge is -2.29. The lowest BCUT2D eigenvalue weighted by Crippen LogP contribution is -2.38. The average Bonchev–Trinajstić information content (AvgIpc) is 2.15. The molecule has 3 nitrogen and oxygen atoms in total. The molecule has 1 N–H and O–H groups in total. The third-order valence-electron chi connectivity index (χ3n) is 3.79. The molecule has 3 heteroatoms. The van der Waals surface area contributed by atoms with Crippen molar-refractivity contribution in [3.8, 4) is 0 Å². The van der Waals surface area contributed by atoms with Crippen molar-refractivity contribution in [3.05, 3.63) is 0 Å². The number of carbonyl (C=O) groups excluding carboxylic acids is 1. The summed E-state index contributed by atoms with van der Waals surface area (Å²) in [6.45, 7) is 4.77. The van der Waals surface area contributed by atoms with E-state index in [0.717, 1.165) is 18.9 Å². The highest BCUT2D eigenvalue weighted by Gasteiger charge is 2.25. The van der Waals surface area contributed by atoms with E-state index in [1.807, 2.05) is 20.9 Å². The molecule has 1 fully saturated rings. The van der Waals surface area contributed by atoms with Crippen molar-refractivity contribution in [2.45, 2.75) is 39.5 Å². The Bertz CT molecular complexity index is 224. The molecule has 1 aliphatic rings. The van der Waals surface area contributed by atoms with Crippen LogP contribution in [0.15, 0.2) is 0 Å². The van der Waals surface area contributed by atoms with Crippen LogP contribution in [0.25, 0.3) is 0 Å². The minimum atomic E-state index is -0.230. The Hall–Kier alpha value is -0.570. The first-order valence-corrected chi connectivity index (χ1v) is 6.42. The topological polar surface area (TPSA) is 40.5 Å². The quantitative estimate of drug-likeness (QED) is 0.753. The van der Waals surface area contributed by atoms with Gasteiger partial charge < -0.3 is 10.0 Å². The first-order chi connectivity index (χ1) is 7.56. The van der Waals surface area contributed by atoms with Gasteiger partial charge in [-0.1, -0.05) is 33.1 Å². The van der Waals surface area contributed by atoms with Gasteiger partial charge in [0.1, 0.15) is 0 Å². The number of aliphatic hydroxyl groups excluding tert-OH is 1. The van der Waals surface area contributed by atoms with Crippen LogP contribution in [-0.2, 0) is 4.79 Å². The molecule has 0 bridgehead atoms. The minimum absolute atomic E-state index is 0.0374. The van der Waals surface area contributed by atoms with E-state index in [-0.39, 0.29) is 24.3 Å². The van der Waals surface area contributed by atoms with Gasteiger partial charge in [0.15, 0.2) is 0 Å². The van der Waals surface area contributed by atoms with Crippen LogP contribution in [0, 0.1) is 17.8 Å². The second kappa shape index (κ2) is 6.24. The SMILES string of the molecule is CC(C)C(CO)C(=O)N(C)CCC1CCC1. The lowest BCUT2D eigenvalue weighted by molar-refractivity contribution is -0.137. The number of carbonyl (C=O) groups is 1. The smallest absolute Gasteiger partial charge is 0.228 e. The average molecular weight is 227 g/mol. The Balaban J connectivity index is 2.32. The Kier molecular flexibility index (Phi) is 5.26. The van der Waals surface area contributed by atoms with E-state index in [9.17, 15) is 9.90 Å². The van der Waals surface area contributed by atoms with Crippen molar-refractivity contribution >= 4 is 5.91 Å². The summed E-state index contributed by atoms with van der Waals surface area (Å²) < 4.78 is 0. The monoisotopic (exact) mass is 227 g/mol. The highest BCUT2D eigenvalue weighted by Crippen LogP contribution is 2.29. The molecule has 1 unspecified atom stereocenters. The maximum atomic E-state index is 12.0. The molecule has 0 aliphatic heterocycles. The van der Waals surface area contributed by atoms with E-state index >= 15 is 0 Å². The number of amides is 1. The second-order valence-electron chi connectivity index (χ2n) is 5.38. The number of aliphatic hydroxyl groups is 1. The van der Waals surface area contributed by atoms with Gasteiger partial charge in [0.25, 0.3) is 0 Å². The highest BCUT2D eigenvalue weighted by molar-refractivity contribution is 5.78. The van der Waals surface area contributed by atoms with Crippen molar-refractivity contribution in [2.24, 2.45) is 17.8 Å². The number of hydrogen-bond donors (Lipinski definition) is 1. The van der Waals surface area contributed by atoms with Crippen molar-refractivity contribution in [1.82, 2.24) is 4.90 Å². The van der Waals surface area contributed by atoms with Crippen LogP contribution in [0.5, 0.6) is 0 Å². The van der Waals surface area contributed by atoms with E-state index in [2.05, 4.69) is 0 Å². The first-order valence-electron chi connectivity index (χ1n) is 6.42. The molecule has 0 heterocycles. The van der Waals surface area contributed by atoms with E-state index in [0.29, 0.717) is 0 Å². The molecular formula is C13H25NO2. The molecule has 0 aromatic heterocycles. The highest BCUT2D eigenvalue weighted by atomic mass is 16.3. The van der Waals surface area contributed by atoms with Gasteiger partial charge in [0.2, 0.25) is 5.91 Å². The van der Waals surface area contributed by atoms with Gasteiger partial charge >= 0.3 is 0 Å². The van der Waals surface area contributed by atoms with E-state index in [1.54, 1.807) is 4.90 Å². The molecule has 0 radical (unpaired) electrons. The maximum Gasteiger partial charge on any atom is 0.228 e. The van der Waals surface area contributed by atoms with Crippen molar-refractivity contribution in [3.63, 3.8) is 0 Å². The zero-order valence-corrected chi connectivity index (χ0v) is 10.8. The number of rotatable bonds is 6. The molecule has 0 aromatic rings. The molecule has 1 rings (SSSR count). The fourth-order valence-corrected chi connectivity index (χ4v) is 2.13. The molecule has 16 heavy (non-hydrogen) atoms.